The predicted octanol–water partition coefficient (Wildman–Crippen LogP) is 3.46. The Balaban J connectivity index is 1.54. The van der Waals surface area contributed by atoms with Crippen LogP contribution in [-0.2, 0) is 6.42 Å². The van der Waals surface area contributed by atoms with Gasteiger partial charge in [0.05, 0.1) is 4.92 Å². The summed E-state index contributed by atoms with van der Waals surface area (Å²) in [4.78, 5) is 38.3. The van der Waals surface area contributed by atoms with E-state index in [0.29, 0.717) is 18.4 Å². The van der Waals surface area contributed by atoms with E-state index in [4.69, 9.17) is 4.42 Å². The largest absolute Gasteiger partial charge is 0.422 e. The highest BCUT2D eigenvalue weighted by Crippen LogP contribution is 2.22. The van der Waals surface area contributed by atoms with Gasteiger partial charge in [0.1, 0.15) is 11.1 Å². The minimum Gasteiger partial charge on any atom is -0.422 e. The van der Waals surface area contributed by atoms with Crippen molar-refractivity contribution >= 4 is 33.5 Å². The van der Waals surface area contributed by atoms with Crippen molar-refractivity contribution in [1.82, 2.24) is 10.3 Å². The van der Waals surface area contributed by atoms with Crippen LogP contribution in [0.15, 0.2) is 57.7 Å². The van der Waals surface area contributed by atoms with E-state index in [2.05, 4.69) is 10.3 Å². The highest BCUT2D eigenvalue weighted by Gasteiger charge is 2.16. The summed E-state index contributed by atoms with van der Waals surface area (Å²) in [6.45, 7) is 2.30. The second-order valence-corrected chi connectivity index (χ2v) is 6.71. The molecule has 0 aliphatic rings. The van der Waals surface area contributed by atoms with Crippen molar-refractivity contribution in [2.75, 3.05) is 6.54 Å². The number of nitro benzene ring substituents is 1. The molecular weight excluding hydrogens is 374 g/mol. The third-order valence-electron chi connectivity index (χ3n) is 4.86. The molecule has 8 nitrogen and oxygen atoms in total. The van der Waals surface area contributed by atoms with Gasteiger partial charge in [-0.05, 0) is 37.1 Å². The number of aromatic amines is 1. The zero-order chi connectivity index (χ0) is 20.5. The lowest BCUT2D eigenvalue weighted by molar-refractivity contribution is -0.384. The van der Waals surface area contributed by atoms with Crippen molar-refractivity contribution in [3.63, 3.8) is 0 Å². The lowest BCUT2D eigenvalue weighted by Gasteiger charge is -2.06. The number of hydrogen-bond acceptors (Lipinski definition) is 5. The van der Waals surface area contributed by atoms with Crippen molar-refractivity contribution < 1.29 is 14.1 Å². The normalized spacial score (nSPS) is 11.1. The van der Waals surface area contributed by atoms with E-state index in [-0.39, 0.29) is 16.8 Å². The average molecular weight is 391 g/mol. The van der Waals surface area contributed by atoms with Gasteiger partial charge in [0.2, 0.25) is 0 Å². The van der Waals surface area contributed by atoms with Gasteiger partial charge >= 0.3 is 5.63 Å². The van der Waals surface area contributed by atoms with Crippen LogP contribution in [0.25, 0.3) is 21.9 Å². The number of aromatic nitrogens is 1. The van der Waals surface area contributed by atoms with Crippen LogP contribution < -0.4 is 10.9 Å². The van der Waals surface area contributed by atoms with Crippen LogP contribution in [0.1, 0.15) is 21.6 Å². The van der Waals surface area contributed by atoms with Crippen LogP contribution in [0.2, 0.25) is 0 Å². The molecule has 0 fully saturated rings. The molecule has 4 aromatic rings. The van der Waals surface area contributed by atoms with E-state index >= 15 is 0 Å². The van der Waals surface area contributed by atoms with Gasteiger partial charge < -0.3 is 14.7 Å². The molecule has 0 spiro atoms. The molecule has 2 heterocycles. The zero-order valence-electron chi connectivity index (χ0n) is 15.5. The van der Waals surface area contributed by atoms with Gasteiger partial charge in [0.15, 0.2) is 0 Å². The predicted molar refractivity (Wildman–Crippen MR) is 108 cm³/mol. The number of rotatable bonds is 5. The number of nitrogens with zero attached hydrogens (tertiary/aromatic N) is 1. The molecule has 0 atom stereocenters. The number of amides is 1. The summed E-state index contributed by atoms with van der Waals surface area (Å²) in [6.07, 6.45) is 0.589. The van der Waals surface area contributed by atoms with Gasteiger partial charge in [0.25, 0.3) is 11.6 Å². The van der Waals surface area contributed by atoms with Crippen molar-refractivity contribution in [1.29, 1.82) is 0 Å². The number of non-ortho nitro benzene ring substituents is 1. The van der Waals surface area contributed by atoms with Crippen LogP contribution in [0.4, 0.5) is 5.69 Å². The van der Waals surface area contributed by atoms with E-state index in [1.807, 2.05) is 31.2 Å². The maximum atomic E-state index is 12.5. The Hall–Kier alpha value is -3.94. The Morgan fingerprint density at radius 1 is 1.21 bits per heavy atom. The summed E-state index contributed by atoms with van der Waals surface area (Å²) in [5, 5.41) is 15.1. The molecule has 2 aromatic heterocycles. The summed E-state index contributed by atoms with van der Waals surface area (Å²) in [5.41, 5.74) is 2.23. The van der Waals surface area contributed by atoms with Crippen molar-refractivity contribution in [3.05, 3.63) is 85.9 Å². The molecule has 0 bridgehead atoms. The SMILES string of the molecule is Cc1[nH]c2ccccc2c1CCNC(=O)c1cc2cc([N+](=O)[O-])ccc2oc1=O. The molecular formula is C21H17N3O5. The molecule has 4 rings (SSSR count). The van der Waals surface area contributed by atoms with Crippen LogP contribution in [-0.4, -0.2) is 22.4 Å². The standard InChI is InChI=1S/C21H17N3O5/c1-12-15(16-4-2-3-5-18(16)23-12)8-9-22-20(25)17-11-13-10-14(24(27)28)6-7-19(13)29-21(17)26/h2-7,10-11,23H,8-9H2,1H3,(H,22,25). The highest BCUT2D eigenvalue weighted by molar-refractivity contribution is 5.97. The quantitative estimate of drug-likeness (QED) is 0.307. The fourth-order valence-electron chi connectivity index (χ4n) is 3.44. The number of aryl methyl sites for hydroxylation is 1. The van der Waals surface area contributed by atoms with Gasteiger partial charge in [-0.1, -0.05) is 18.2 Å². The molecule has 0 unspecified atom stereocenters. The zero-order valence-corrected chi connectivity index (χ0v) is 15.5. The maximum absolute atomic E-state index is 12.5. The van der Waals surface area contributed by atoms with Gasteiger partial charge in [-0.15, -0.1) is 0 Å². The number of benzene rings is 2. The first-order valence-corrected chi connectivity index (χ1v) is 9.01. The lowest BCUT2D eigenvalue weighted by Crippen LogP contribution is -2.30. The molecule has 2 aromatic carbocycles. The molecule has 0 radical (unpaired) electrons. The van der Waals surface area contributed by atoms with Crippen LogP contribution in [0.5, 0.6) is 0 Å². The Labute approximate surface area is 164 Å². The molecule has 0 saturated carbocycles. The average Bonchev–Trinajstić information content (AvgIpc) is 3.02. The van der Waals surface area contributed by atoms with Crippen LogP contribution in [0.3, 0.4) is 0 Å². The number of carbonyl (C=O) groups is 1. The minimum atomic E-state index is -0.785. The smallest absolute Gasteiger partial charge is 0.349 e. The molecule has 146 valence electrons. The number of nitrogens with one attached hydrogen (secondary N) is 2. The number of H-pyrrole nitrogens is 1. The summed E-state index contributed by atoms with van der Waals surface area (Å²) in [5.74, 6) is -0.579. The summed E-state index contributed by atoms with van der Waals surface area (Å²) >= 11 is 0. The fourth-order valence-corrected chi connectivity index (χ4v) is 3.44. The Morgan fingerprint density at radius 2 is 2.00 bits per heavy atom. The first kappa shape index (κ1) is 18.4. The van der Waals surface area contributed by atoms with E-state index in [0.717, 1.165) is 22.2 Å². The molecule has 2 N–H and O–H groups in total. The van der Waals surface area contributed by atoms with Gasteiger partial charge in [0, 0.05) is 40.7 Å². The Bertz CT molecular complexity index is 1320. The minimum absolute atomic E-state index is 0.146. The molecule has 0 aliphatic carbocycles. The van der Waals surface area contributed by atoms with Crippen molar-refractivity contribution in [3.8, 4) is 0 Å². The van der Waals surface area contributed by atoms with Crippen LogP contribution >= 0.6 is 0 Å². The van der Waals surface area contributed by atoms with E-state index in [1.54, 1.807) is 0 Å². The van der Waals surface area contributed by atoms with Gasteiger partial charge in [-0.3, -0.25) is 14.9 Å². The summed E-state index contributed by atoms with van der Waals surface area (Å²) in [6, 6.07) is 13.1. The first-order chi connectivity index (χ1) is 13.9. The fraction of sp³-hybridized carbons (Fsp3) is 0.143. The summed E-state index contributed by atoms with van der Waals surface area (Å²) < 4.78 is 5.13. The topological polar surface area (TPSA) is 118 Å². The van der Waals surface area contributed by atoms with E-state index in [1.165, 1.54) is 24.3 Å². The molecule has 0 aliphatic heterocycles. The van der Waals surface area contributed by atoms with Crippen molar-refractivity contribution in [2.45, 2.75) is 13.3 Å². The first-order valence-electron chi connectivity index (χ1n) is 9.01. The maximum Gasteiger partial charge on any atom is 0.349 e. The lowest BCUT2D eigenvalue weighted by atomic mass is 10.1. The number of fused-ring (bicyclic) bond motifs is 2. The van der Waals surface area contributed by atoms with E-state index < -0.39 is 16.5 Å². The molecule has 29 heavy (non-hydrogen) atoms. The third kappa shape index (κ3) is 3.47. The number of para-hydroxylation sites is 1. The summed E-state index contributed by atoms with van der Waals surface area (Å²) in [7, 11) is 0. The third-order valence-corrected chi connectivity index (χ3v) is 4.86. The Morgan fingerprint density at radius 3 is 2.79 bits per heavy atom. The van der Waals surface area contributed by atoms with Crippen LogP contribution in [0, 0.1) is 17.0 Å². The Kier molecular flexibility index (Phi) is 4.59. The van der Waals surface area contributed by atoms with Crippen molar-refractivity contribution in [2.24, 2.45) is 0 Å². The highest BCUT2D eigenvalue weighted by atomic mass is 16.6. The second-order valence-electron chi connectivity index (χ2n) is 6.71. The number of hydrogen-bond donors (Lipinski definition) is 2. The second kappa shape index (κ2) is 7.23. The molecule has 1 amide bonds. The molecule has 0 saturated heterocycles. The number of carbonyl (C=O) groups excluding carboxylic acids is 1. The van der Waals surface area contributed by atoms with Gasteiger partial charge in [-0.2, -0.15) is 0 Å². The monoisotopic (exact) mass is 391 g/mol. The molecule has 8 heteroatoms. The number of nitro groups is 1. The van der Waals surface area contributed by atoms with E-state index in [9.17, 15) is 19.7 Å². The van der Waals surface area contributed by atoms with Gasteiger partial charge in [-0.25, -0.2) is 4.79 Å².